The Kier molecular flexibility index (Phi) is 10.2. The van der Waals surface area contributed by atoms with Crippen LogP contribution in [0.2, 0.25) is 5.02 Å². The maximum absolute atomic E-state index is 14.0. The molecule has 0 aliphatic rings. The number of amides is 2. The van der Waals surface area contributed by atoms with E-state index in [9.17, 15) is 18.0 Å². The van der Waals surface area contributed by atoms with Gasteiger partial charge in [0.25, 0.3) is 10.0 Å². The van der Waals surface area contributed by atoms with Crippen molar-refractivity contribution in [3.63, 3.8) is 0 Å². The SMILES string of the molecule is CC[C@H](C)NC(=O)[C@@H](C)N(Cc1ccccc1Cl)C(=O)CN(c1ccc(C)c(C)c1)S(=O)(=O)c1ccccc1. The molecular formula is C30H36ClN3O4S. The lowest BCUT2D eigenvalue weighted by Crippen LogP contribution is -2.52. The molecule has 0 saturated carbocycles. The van der Waals surface area contributed by atoms with E-state index in [1.165, 1.54) is 17.0 Å². The van der Waals surface area contributed by atoms with Crippen LogP contribution in [-0.2, 0) is 26.2 Å². The molecule has 0 fully saturated rings. The molecule has 0 aliphatic carbocycles. The highest BCUT2D eigenvalue weighted by Gasteiger charge is 2.33. The molecule has 0 saturated heterocycles. The van der Waals surface area contributed by atoms with Gasteiger partial charge >= 0.3 is 0 Å². The highest BCUT2D eigenvalue weighted by atomic mass is 35.5. The summed E-state index contributed by atoms with van der Waals surface area (Å²) in [6.45, 7) is 8.85. The van der Waals surface area contributed by atoms with Crippen LogP contribution >= 0.6 is 11.6 Å². The Morgan fingerprint density at radius 2 is 1.56 bits per heavy atom. The highest BCUT2D eigenvalue weighted by Crippen LogP contribution is 2.27. The molecule has 7 nitrogen and oxygen atoms in total. The van der Waals surface area contributed by atoms with Crippen molar-refractivity contribution in [2.75, 3.05) is 10.8 Å². The minimum atomic E-state index is -4.10. The molecule has 0 bridgehead atoms. The Bertz CT molecular complexity index is 1410. The van der Waals surface area contributed by atoms with E-state index >= 15 is 0 Å². The van der Waals surface area contributed by atoms with Crippen LogP contribution in [-0.4, -0.2) is 43.8 Å². The summed E-state index contributed by atoms with van der Waals surface area (Å²) < 4.78 is 28.8. The van der Waals surface area contributed by atoms with Gasteiger partial charge in [-0.15, -0.1) is 0 Å². The molecule has 0 heterocycles. The summed E-state index contributed by atoms with van der Waals surface area (Å²) in [4.78, 5) is 28.5. The normalized spacial score (nSPS) is 12.9. The number of sulfonamides is 1. The van der Waals surface area contributed by atoms with E-state index in [1.807, 2.05) is 33.8 Å². The van der Waals surface area contributed by atoms with Crippen LogP contribution in [0.15, 0.2) is 77.7 Å². The van der Waals surface area contributed by atoms with Crippen molar-refractivity contribution in [1.82, 2.24) is 10.2 Å². The molecular weight excluding hydrogens is 534 g/mol. The smallest absolute Gasteiger partial charge is 0.264 e. The average Bonchev–Trinajstić information content (AvgIpc) is 2.92. The summed E-state index contributed by atoms with van der Waals surface area (Å²) in [7, 11) is -4.10. The van der Waals surface area contributed by atoms with Crippen LogP contribution in [0.25, 0.3) is 0 Å². The maximum atomic E-state index is 14.0. The number of hydrogen-bond acceptors (Lipinski definition) is 4. The van der Waals surface area contributed by atoms with Crippen molar-refractivity contribution in [3.8, 4) is 0 Å². The third-order valence-electron chi connectivity index (χ3n) is 6.86. The average molecular weight is 570 g/mol. The van der Waals surface area contributed by atoms with E-state index in [-0.39, 0.29) is 23.4 Å². The lowest BCUT2D eigenvalue weighted by Gasteiger charge is -2.32. The van der Waals surface area contributed by atoms with Gasteiger partial charge < -0.3 is 10.2 Å². The topological polar surface area (TPSA) is 86.8 Å². The fraction of sp³-hybridized carbons (Fsp3) is 0.333. The van der Waals surface area contributed by atoms with E-state index in [1.54, 1.807) is 61.5 Å². The largest absolute Gasteiger partial charge is 0.352 e. The first-order chi connectivity index (χ1) is 18.4. The fourth-order valence-corrected chi connectivity index (χ4v) is 5.61. The maximum Gasteiger partial charge on any atom is 0.264 e. The lowest BCUT2D eigenvalue weighted by atomic mass is 10.1. The number of hydrogen-bond donors (Lipinski definition) is 1. The molecule has 0 aliphatic heterocycles. The quantitative estimate of drug-likeness (QED) is 0.331. The number of carbonyl (C=O) groups excluding carboxylic acids is 2. The van der Waals surface area contributed by atoms with Crippen molar-refractivity contribution in [2.24, 2.45) is 0 Å². The van der Waals surface area contributed by atoms with Gasteiger partial charge in [0.1, 0.15) is 12.6 Å². The van der Waals surface area contributed by atoms with Crippen LogP contribution < -0.4 is 9.62 Å². The number of rotatable bonds is 11. The first-order valence-electron chi connectivity index (χ1n) is 12.9. The van der Waals surface area contributed by atoms with Gasteiger partial charge in [-0.2, -0.15) is 0 Å². The van der Waals surface area contributed by atoms with Crippen molar-refractivity contribution < 1.29 is 18.0 Å². The van der Waals surface area contributed by atoms with Gasteiger partial charge in [0.2, 0.25) is 11.8 Å². The lowest BCUT2D eigenvalue weighted by molar-refractivity contribution is -0.139. The summed E-state index contributed by atoms with van der Waals surface area (Å²) in [5.41, 5.74) is 2.91. The van der Waals surface area contributed by atoms with Crippen molar-refractivity contribution in [1.29, 1.82) is 0 Å². The minimum absolute atomic E-state index is 0.0414. The Morgan fingerprint density at radius 1 is 0.923 bits per heavy atom. The zero-order chi connectivity index (χ0) is 28.7. The minimum Gasteiger partial charge on any atom is -0.352 e. The number of carbonyl (C=O) groups is 2. The van der Waals surface area contributed by atoms with E-state index in [0.29, 0.717) is 16.3 Å². The molecule has 2 amide bonds. The first kappa shape index (κ1) is 30.2. The molecule has 3 aromatic rings. The predicted octanol–water partition coefficient (Wildman–Crippen LogP) is 5.48. The second kappa shape index (κ2) is 13.1. The van der Waals surface area contributed by atoms with Gasteiger partial charge in [0.05, 0.1) is 10.6 Å². The summed E-state index contributed by atoms with van der Waals surface area (Å²) in [6, 6.07) is 19.4. The summed E-state index contributed by atoms with van der Waals surface area (Å²) in [6.07, 6.45) is 0.729. The van der Waals surface area contributed by atoms with Crippen LogP contribution in [0.1, 0.15) is 43.9 Å². The number of aryl methyl sites for hydroxylation is 2. The molecule has 2 atom stereocenters. The van der Waals surface area contributed by atoms with E-state index < -0.39 is 28.5 Å². The second-order valence-electron chi connectivity index (χ2n) is 9.70. The van der Waals surface area contributed by atoms with Crippen molar-refractivity contribution in [3.05, 3.63) is 94.5 Å². The molecule has 0 spiro atoms. The van der Waals surface area contributed by atoms with Crippen LogP contribution in [0.4, 0.5) is 5.69 Å². The fourth-order valence-electron chi connectivity index (χ4n) is 3.99. The Balaban J connectivity index is 2.05. The van der Waals surface area contributed by atoms with E-state index in [2.05, 4.69) is 5.32 Å². The van der Waals surface area contributed by atoms with Gasteiger partial charge in [-0.3, -0.25) is 13.9 Å². The Labute approximate surface area is 236 Å². The zero-order valence-corrected chi connectivity index (χ0v) is 24.6. The molecule has 3 aromatic carbocycles. The van der Waals surface area contributed by atoms with Gasteiger partial charge in [-0.1, -0.05) is 61.0 Å². The number of nitrogens with zero attached hydrogens (tertiary/aromatic N) is 2. The number of halogens is 1. The van der Waals surface area contributed by atoms with Gasteiger partial charge in [-0.05, 0) is 81.1 Å². The van der Waals surface area contributed by atoms with Gasteiger partial charge in [0, 0.05) is 17.6 Å². The molecule has 0 radical (unpaired) electrons. The first-order valence-corrected chi connectivity index (χ1v) is 14.8. The summed E-state index contributed by atoms with van der Waals surface area (Å²) in [5, 5.41) is 3.37. The van der Waals surface area contributed by atoms with Crippen LogP contribution in [0, 0.1) is 13.8 Å². The molecule has 208 valence electrons. The van der Waals surface area contributed by atoms with Crippen LogP contribution in [0.3, 0.4) is 0 Å². The highest BCUT2D eigenvalue weighted by molar-refractivity contribution is 7.92. The standard InChI is InChI=1S/C30H36ClN3O4S/c1-6-23(4)32-30(36)24(5)33(19-25-12-10-11-15-28(25)31)29(35)20-34(26-17-16-21(2)22(3)18-26)39(37,38)27-13-8-7-9-14-27/h7-18,23-24H,6,19-20H2,1-5H3,(H,32,36)/t23-,24+/m0/s1. The van der Waals surface area contributed by atoms with Gasteiger partial charge in [0.15, 0.2) is 0 Å². The monoisotopic (exact) mass is 569 g/mol. The van der Waals surface area contributed by atoms with E-state index in [0.717, 1.165) is 21.9 Å². The Morgan fingerprint density at radius 3 is 2.18 bits per heavy atom. The summed E-state index contributed by atoms with van der Waals surface area (Å²) >= 11 is 6.41. The molecule has 39 heavy (non-hydrogen) atoms. The number of benzene rings is 3. The number of nitrogens with one attached hydrogen (secondary N) is 1. The number of anilines is 1. The molecule has 1 N–H and O–H groups in total. The summed E-state index contributed by atoms with van der Waals surface area (Å²) in [5.74, 6) is -0.854. The molecule has 0 unspecified atom stereocenters. The van der Waals surface area contributed by atoms with Crippen LogP contribution in [0.5, 0.6) is 0 Å². The third kappa shape index (κ3) is 7.40. The van der Waals surface area contributed by atoms with Crippen molar-refractivity contribution in [2.45, 2.75) is 64.6 Å². The molecule has 3 rings (SSSR count). The predicted molar refractivity (Wildman–Crippen MR) is 156 cm³/mol. The Hall–Kier alpha value is -3.36. The van der Waals surface area contributed by atoms with Gasteiger partial charge in [-0.25, -0.2) is 8.42 Å². The molecule has 0 aromatic heterocycles. The van der Waals surface area contributed by atoms with Crippen molar-refractivity contribution >= 4 is 39.1 Å². The third-order valence-corrected chi connectivity index (χ3v) is 9.01. The second-order valence-corrected chi connectivity index (χ2v) is 12.0. The molecule has 9 heteroatoms. The zero-order valence-electron chi connectivity index (χ0n) is 23.0. The van der Waals surface area contributed by atoms with E-state index in [4.69, 9.17) is 11.6 Å².